The fourth-order valence-electron chi connectivity index (χ4n) is 2.01. The first kappa shape index (κ1) is 16.0. The van der Waals surface area contributed by atoms with Crippen LogP contribution in [0.2, 0.25) is 0 Å². The third kappa shape index (κ3) is 5.62. The average molecular weight is 264 g/mol. The van der Waals surface area contributed by atoms with Crippen molar-refractivity contribution in [3.63, 3.8) is 0 Å². The topological polar surface area (TPSA) is 35.5 Å². The van der Waals surface area contributed by atoms with E-state index in [0.29, 0.717) is 6.04 Å². The number of nitrogens with zero attached hydrogens (tertiary/aromatic N) is 1. The fraction of sp³-hybridized carbons (Fsp3) is 0.625. The molecule has 108 valence electrons. The number of aliphatic hydroxyl groups is 1. The molecule has 0 spiro atoms. The highest BCUT2D eigenvalue weighted by atomic mass is 16.3. The van der Waals surface area contributed by atoms with Crippen LogP contribution in [0.4, 0.5) is 5.69 Å². The Morgan fingerprint density at radius 2 is 1.84 bits per heavy atom. The molecule has 0 aliphatic rings. The molecule has 2 atom stereocenters. The maximum Gasteiger partial charge on any atom is 0.0528 e. The number of rotatable bonds is 8. The van der Waals surface area contributed by atoms with Gasteiger partial charge >= 0.3 is 0 Å². The molecule has 0 aliphatic carbocycles. The van der Waals surface area contributed by atoms with Crippen LogP contribution in [0, 0.1) is 0 Å². The van der Waals surface area contributed by atoms with Crippen LogP contribution in [-0.2, 0) is 0 Å². The molecule has 0 aromatic heterocycles. The number of aliphatic hydroxyl groups excluding tert-OH is 1. The molecule has 2 unspecified atom stereocenters. The van der Waals surface area contributed by atoms with E-state index in [1.54, 1.807) is 0 Å². The van der Waals surface area contributed by atoms with Crippen molar-refractivity contribution < 1.29 is 5.11 Å². The molecule has 0 bridgehead atoms. The molecule has 2 N–H and O–H groups in total. The van der Waals surface area contributed by atoms with Crippen LogP contribution < -0.4 is 10.2 Å². The molecule has 0 saturated carbocycles. The van der Waals surface area contributed by atoms with Gasteiger partial charge in [0.2, 0.25) is 0 Å². The maximum absolute atomic E-state index is 9.31. The summed E-state index contributed by atoms with van der Waals surface area (Å²) in [6.45, 7) is 8.14. The first-order valence-electron chi connectivity index (χ1n) is 7.27. The largest absolute Gasteiger partial charge is 0.393 e. The number of anilines is 1. The highest BCUT2D eigenvalue weighted by molar-refractivity contribution is 5.47. The first-order valence-corrected chi connectivity index (χ1v) is 7.27. The highest BCUT2D eigenvalue weighted by Crippen LogP contribution is 2.18. The average Bonchev–Trinajstić information content (AvgIpc) is 2.42. The van der Waals surface area contributed by atoms with Gasteiger partial charge in [0.1, 0.15) is 0 Å². The van der Waals surface area contributed by atoms with Crippen molar-refractivity contribution in [3.05, 3.63) is 29.8 Å². The van der Waals surface area contributed by atoms with Crippen molar-refractivity contribution in [1.29, 1.82) is 0 Å². The molecular formula is C16H28N2O. The fourth-order valence-corrected chi connectivity index (χ4v) is 2.01. The van der Waals surface area contributed by atoms with Crippen molar-refractivity contribution in [3.8, 4) is 0 Å². The van der Waals surface area contributed by atoms with E-state index >= 15 is 0 Å². The summed E-state index contributed by atoms with van der Waals surface area (Å²) in [5.41, 5.74) is 2.52. The summed E-state index contributed by atoms with van der Waals surface area (Å²) < 4.78 is 0. The molecule has 19 heavy (non-hydrogen) atoms. The zero-order valence-corrected chi connectivity index (χ0v) is 12.7. The molecule has 0 amide bonds. The summed E-state index contributed by atoms with van der Waals surface area (Å²) in [6, 6.07) is 9.07. The Kier molecular flexibility index (Phi) is 6.89. The van der Waals surface area contributed by atoms with Crippen LogP contribution in [0.25, 0.3) is 0 Å². The van der Waals surface area contributed by atoms with Crippen molar-refractivity contribution in [1.82, 2.24) is 5.32 Å². The zero-order chi connectivity index (χ0) is 14.3. The van der Waals surface area contributed by atoms with Crippen LogP contribution >= 0.6 is 0 Å². The molecule has 0 radical (unpaired) electrons. The van der Waals surface area contributed by atoms with E-state index in [4.69, 9.17) is 0 Å². The minimum absolute atomic E-state index is 0.236. The van der Waals surface area contributed by atoms with Gasteiger partial charge in [-0.05, 0) is 50.9 Å². The lowest BCUT2D eigenvalue weighted by Gasteiger charge is -2.21. The van der Waals surface area contributed by atoms with E-state index in [-0.39, 0.29) is 6.10 Å². The first-order chi connectivity index (χ1) is 9.04. The summed E-state index contributed by atoms with van der Waals surface area (Å²) in [6.07, 6.45) is 1.72. The molecular weight excluding hydrogens is 236 g/mol. The van der Waals surface area contributed by atoms with Gasteiger partial charge in [-0.1, -0.05) is 19.1 Å². The van der Waals surface area contributed by atoms with E-state index in [0.717, 1.165) is 25.9 Å². The summed E-state index contributed by atoms with van der Waals surface area (Å²) in [4.78, 5) is 2.18. The molecule has 1 aromatic rings. The predicted molar refractivity (Wildman–Crippen MR) is 82.7 cm³/mol. The van der Waals surface area contributed by atoms with Gasteiger partial charge in [-0.15, -0.1) is 0 Å². The maximum atomic E-state index is 9.31. The number of hydrogen-bond acceptors (Lipinski definition) is 3. The van der Waals surface area contributed by atoms with E-state index in [2.05, 4.69) is 55.4 Å². The standard InChI is InChI=1S/C16H28N2O/c1-5-11-17-14(3)15-6-8-16(9-7-15)18(4)12-10-13(2)19/h6-9,13-14,17,19H,5,10-12H2,1-4H3. The molecule has 0 heterocycles. The third-order valence-electron chi connectivity index (χ3n) is 3.42. The molecule has 0 aliphatic heterocycles. The zero-order valence-electron chi connectivity index (χ0n) is 12.7. The van der Waals surface area contributed by atoms with Crippen molar-refractivity contribution >= 4 is 5.69 Å². The van der Waals surface area contributed by atoms with E-state index in [1.807, 2.05) is 6.92 Å². The second-order valence-electron chi connectivity index (χ2n) is 5.33. The van der Waals surface area contributed by atoms with Gasteiger partial charge in [-0.2, -0.15) is 0 Å². The monoisotopic (exact) mass is 264 g/mol. The van der Waals surface area contributed by atoms with Gasteiger partial charge in [0, 0.05) is 25.3 Å². The van der Waals surface area contributed by atoms with Gasteiger partial charge in [-0.3, -0.25) is 0 Å². The molecule has 0 fully saturated rings. The van der Waals surface area contributed by atoms with Gasteiger partial charge < -0.3 is 15.3 Å². The molecule has 3 heteroatoms. The Morgan fingerprint density at radius 3 is 2.37 bits per heavy atom. The van der Waals surface area contributed by atoms with E-state index in [1.165, 1.54) is 11.3 Å². The molecule has 3 nitrogen and oxygen atoms in total. The lowest BCUT2D eigenvalue weighted by Crippen LogP contribution is -2.22. The SMILES string of the molecule is CCCNC(C)c1ccc(N(C)CCC(C)O)cc1. The predicted octanol–water partition coefficient (Wildman–Crippen LogP) is 2.95. The molecule has 0 saturated heterocycles. The third-order valence-corrected chi connectivity index (χ3v) is 3.42. The summed E-state index contributed by atoms with van der Waals surface area (Å²) in [5, 5.41) is 12.8. The lowest BCUT2D eigenvalue weighted by molar-refractivity contribution is 0.187. The minimum Gasteiger partial charge on any atom is -0.393 e. The number of hydrogen-bond donors (Lipinski definition) is 2. The lowest BCUT2D eigenvalue weighted by atomic mass is 10.1. The van der Waals surface area contributed by atoms with Gasteiger partial charge in [-0.25, -0.2) is 0 Å². The second kappa shape index (κ2) is 8.18. The minimum atomic E-state index is -0.236. The van der Waals surface area contributed by atoms with E-state index in [9.17, 15) is 5.11 Å². The van der Waals surface area contributed by atoms with Crippen LogP contribution in [0.3, 0.4) is 0 Å². The van der Waals surface area contributed by atoms with Crippen molar-refractivity contribution in [2.24, 2.45) is 0 Å². The van der Waals surface area contributed by atoms with Crippen molar-refractivity contribution in [2.45, 2.75) is 45.8 Å². The van der Waals surface area contributed by atoms with Gasteiger partial charge in [0.05, 0.1) is 6.10 Å². The highest BCUT2D eigenvalue weighted by Gasteiger charge is 2.06. The Bertz CT molecular complexity index is 348. The van der Waals surface area contributed by atoms with Crippen LogP contribution in [0.15, 0.2) is 24.3 Å². The normalized spacial score (nSPS) is 14.2. The molecule has 1 rings (SSSR count). The number of benzene rings is 1. The van der Waals surface area contributed by atoms with Gasteiger partial charge in [0.25, 0.3) is 0 Å². The van der Waals surface area contributed by atoms with Crippen LogP contribution in [-0.4, -0.2) is 31.3 Å². The van der Waals surface area contributed by atoms with Gasteiger partial charge in [0.15, 0.2) is 0 Å². The molecule has 1 aromatic carbocycles. The Labute approximate surface area is 117 Å². The number of nitrogens with one attached hydrogen (secondary N) is 1. The summed E-state index contributed by atoms with van der Waals surface area (Å²) >= 11 is 0. The quantitative estimate of drug-likeness (QED) is 0.758. The summed E-state index contributed by atoms with van der Waals surface area (Å²) in [5.74, 6) is 0. The Balaban J connectivity index is 2.55. The van der Waals surface area contributed by atoms with E-state index < -0.39 is 0 Å². The second-order valence-corrected chi connectivity index (χ2v) is 5.33. The van der Waals surface area contributed by atoms with Crippen molar-refractivity contribution in [2.75, 3.05) is 25.0 Å². The van der Waals surface area contributed by atoms with Crippen LogP contribution in [0.1, 0.15) is 45.2 Å². The summed E-state index contributed by atoms with van der Waals surface area (Å²) in [7, 11) is 2.07. The Hall–Kier alpha value is -1.06. The smallest absolute Gasteiger partial charge is 0.0528 e. The Morgan fingerprint density at radius 1 is 1.21 bits per heavy atom. The van der Waals surface area contributed by atoms with Crippen LogP contribution in [0.5, 0.6) is 0 Å².